The number of hydrogen-bond donors (Lipinski definition) is 0. The average Bonchev–Trinajstić information content (AvgIpc) is 3.18. The fourth-order valence-electron chi connectivity index (χ4n) is 2.59. The molecule has 2 aromatic rings. The third-order valence-corrected chi connectivity index (χ3v) is 4.98. The fraction of sp³-hybridized carbons (Fsp3) is 0.263. The SMILES string of the molecule is COc1cc(OC(=O)c2cnc(C3C=CC=CC3)s2)cc(OC)c1OC. The highest BCUT2D eigenvalue weighted by atomic mass is 32.1. The first kappa shape index (κ1) is 18.0. The molecular weight excluding hydrogens is 354 g/mol. The lowest BCUT2D eigenvalue weighted by Crippen LogP contribution is -2.07. The fourth-order valence-corrected chi connectivity index (χ4v) is 3.48. The topological polar surface area (TPSA) is 66.9 Å². The number of allylic oxidation sites excluding steroid dienone is 4. The lowest BCUT2D eigenvalue weighted by atomic mass is 10.0. The molecule has 0 amide bonds. The Morgan fingerprint density at radius 2 is 1.85 bits per heavy atom. The molecule has 1 aliphatic rings. The van der Waals surface area contributed by atoms with Crippen molar-refractivity contribution >= 4 is 17.3 Å². The highest BCUT2D eigenvalue weighted by Crippen LogP contribution is 2.41. The summed E-state index contributed by atoms with van der Waals surface area (Å²) in [5.74, 6) is 1.30. The number of nitrogens with zero attached hydrogens (tertiary/aromatic N) is 1. The van der Waals surface area contributed by atoms with Crippen molar-refractivity contribution in [2.75, 3.05) is 21.3 Å². The van der Waals surface area contributed by atoms with Gasteiger partial charge in [0.1, 0.15) is 15.6 Å². The van der Waals surface area contributed by atoms with Crippen molar-refractivity contribution in [3.8, 4) is 23.0 Å². The van der Waals surface area contributed by atoms with Crippen molar-refractivity contribution in [3.05, 3.63) is 52.5 Å². The summed E-state index contributed by atoms with van der Waals surface area (Å²) in [5.41, 5.74) is 0. The van der Waals surface area contributed by atoms with Gasteiger partial charge >= 0.3 is 5.97 Å². The largest absolute Gasteiger partial charge is 0.493 e. The first-order valence-electron chi connectivity index (χ1n) is 7.97. The van der Waals surface area contributed by atoms with Crippen molar-refractivity contribution in [3.63, 3.8) is 0 Å². The highest BCUT2D eigenvalue weighted by Gasteiger charge is 2.20. The molecule has 0 N–H and O–H groups in total. The van der Waals surface area contributed by atoms with E-state index < -0.39 is 5.97 Å². The van der Waals surface area contributed by atoms with Gasteiger partial charge in [-0.05, 0) is 6.42 Å². The summed E-state index contributed by atoms with van der Waals surface area (Å²) < 4.78 is 21.3. The van der Waals surface area contributed by atoms with Gasteiger partial charge in [-0.1, -0.05) is 24.3 Å². The van der Waals surface area contributed by atoms with E-state index in [9.17, 15) is 4.79 Å². The zero-order valence-electron chi connectivity index (χ0n) is 14.7. The summed E-state index contributed by atoms with van der Waals surface area (Å²) in [6, 6.07) is 3.16. The first-order valence-corrected chi connectivity index (χ1v) is 8.79. The second kappa shape index (κ2) is 8.05. The van der Waals surface area contributed by atoms with Gasteiger partial charge in [0.15, 0.2) is 11.5 Å². The van der Waals surface area contributed by atoms with Gasteiger partial charge < -0.3 is 18.9 Å². The smallest absolute Gasteiger partial charge is 0.355 e. The van der Waals surface area contributed by atoms with Crippen LogP contribution in [0.4, 0.5) is 0 Å². The van der Waals surface area contributed by atoms with E-state index in [0.29, 0.717) is 27.9 Å². The van der Waals surface area contributed by atoms with Crippen molar-refractivity contribution in [1.29, 1.82) is 0 Å². The highest BCUT2D eigenvalue weighted by molar-refractivity contribution is 7.13. The van der Waals surface area contributed by atoms with Crippen LogP contribution >= 0.6 is 11.3 Å². The lowest BCUT2D eigenvalue weighted by molar-refractivity contribution is 0.0739. The number of benzene rings is 1. The predicted molar refractivity (Wildman–Crippen MR) is 98.8 cm³/mol. The molecule has 1 aromatic heterocycles. The van der Waals surface area contributed by atoms with Crippen LogP contribution in [0, 0.1) is 0 Å². The van der Waals surface area contributed by atoms with Crippen LogP contribution < -0.4 is 18.9 Å². The molecule has 0 saturated carbocycles. The van der Waals surface area contributed by atoms with Gasteiger partial charge in [-0.25, -0.2) is 9.78 Å². The zero-order chi connectivity index (χ0) is 18.5. The molecule has 1 atom stereocenters. The number of carbonyl (C=O) groups is 1. The Morgan fingerprint density at radius 3 is 2.42 bits per heavy atom. The molecule has 3 rings (SSSR count). The van der Waals surface area contributed by atoms with Crippen LogP contribution in [0.5, 0.6) is 23.0 Å². The molecule has 0 spiro atoms. The van der Waals surface area contributed by atoms with Gasteiger partial charge in [-0.2, -0.15) is 0 Å². The molecule has 26 heavy (non-hydrogen) atoms. The number of methoxy groups -OCH3 is 3. The van der Waals surface area contributed by atoms with Gasteiger partial charge in [-0.15, -0.1) is 11.3 Å². The average molecular weight is 373 g/mol. The summed E-state index contributed by atoms with van der Waals surface area (Å²) in [7, 11) is 4.52. The molecule has 6 nitrogen and oxygen atoms in total. The summed E-state index contributed by atoms with van der Waals surface area (Å²) in [6.45, 7) is 0. The molecule has 1 unspecified atom stereocenters. The van der Waals surface area contributed by atoms with Gasteiger partial charge in [0.05, 0.1) is 27.5 Å². The molecule has 136 valence electrons. The zero-order valence-corrected chi connectivity index (χ0v) is 15.5. The molecule has 7 heteroatoms. The molecule has 0 radical (unpaired) electrons. The van der Waals surface area contributed by atoms with Crippen molar-refractivity contribution in [2.24, 2.45) is 0 Å². The monoisotopic (exact) mass is 373 g/mol. The summed E-state index contributed by atoms with van der Waals surface area (Å²) in [6.07, 6.45) is 10.6. The number of hydrogen-bond acceptors (Lipinski definition) is 7. The third-order valence-electron chi connectivity index (χ3n) is 3.87. The van der Waals surface area contributed by atoms with Crippen molar-refractivity contribution in [2.45, 2.75) is 12.3 Å². The van der Waals surface area contributed by atoms with E-state index in [1.54, 1.807) is 18.3 Å². The van der Waals surface area contributed by atoms with Crippen LogP contribution in [0.2, 0.25) is 0 Å². The maximum atomic E-state index is 12.5. The van der Waals surface area contributed by atoms with E-state index in [2.05, 4.69) is 17.1 Å². The van der Waals surface area contributed by atoms with Crippen LogP contribution in [0.3, 0.4) is 0 Å². The number of aromatic nitrogens is 1. The minimum Gasteiger partial charge on any atom is -0.493 e. The van der Waals surface area contributed by atoms with Gasteiger partial charge in [0, 0.05) is 18.1 Å². The van der Waals surface area contributed by atoms with E-state index in [0.717, 1.165) is 11.4 Å². The first-order chi connectivity index (χ1) is 12.7. The number of thiazole rings is 1. The molecular formula is C19H19NO5S. The van der Waals surface area contributed by atoms with Gasteiger partial charge in [-0.3, -0.25) is 0 Å². The van der Waals surface area contributed by atoms with Crippen LogP contribution in [0.15, 0.2) is 42.6 Å². The molecule has 1 aliphatic carbocycles. The summed E-state index contributed by atoms with van der Waals surface area (Å²) in [4.78, 5) is 17.3. The normalized spacial score (nSPS) is 15.6. The number of carbonyl (C=O) groups excluding carboxylic acids is 1. The Labute approximate surface area is 155 Å². The molecule has 0 bridgehead atoms. The van der Waals surface area contributed by atoms with E-state index in [-0.39, 0.29) is 5.92 Å². The van der Waals surface area contributed by atoms with Crippen molar-refractivity contribution < 1.29 is 23.7 Å². The quantitative estimate of drug-likeness (QED) is 0.563. The number of esters is 1. The molecule has 0 saturated heterocycles. The van der Waals surface area contributed by atoms with Gasteiger partial charge in [0.25, 0.3) is 0 Å². The minimum absolute atomic E-state index is 0.202. The van der Waals surface area contributed by atoms with E-state index in [4.69, 9.17) is 18.9 Å². The Bertz CT molecular complexity index is 830. The maximum absolute atomic E-state index is 12.5. The Kier molecular flexibility index (Phi) is 5.58. The molecule has 1 heterocycles. The van der Waals surface area contributed by atoms with Crippen LogP contribution in [-0.4, -0.2) is 32.3 Å². The Balaban J connectivity index is 1.79. The third kappa shape index (κ3) is 3.72. The van der Waals surface area contributed by atoms with E-state index >= 15 is 0 Å². The summed E-state index contributed by atoms with van der Waals surface area (Å²) in [5, 5.41) is 0.891. The second-order valence-electron chi connectivity index (χ2n) is 5.47. The molecule has 0 fully saturated rings. The Morgan fingerprint density at radius 1 is 1.12 bits per heavy atom. The van der Waals surface area contributed by atoms with E-state index in [1.807, 2.05) is 12.2 Å². The molecule has 0 aliphatic heterocycles. The van der Waals surface area contributed by atoms with E-state index in [1.165, 1.54) is 32.7 Å². The van der Waals surface area contributed by atoms with Crippen LogP contribution in [-0.2, 0) is 0 Å². The van der Waals surface area contributed by atoms with Crippen LogP contribution in [0.1, 0.15) is 27.0 Å². The van der Waals surface area contributed by atoms with Crippen molar-refractivity contribution in [1.82, 2.24) is 4.98 Å². The lowest BCUT2D eigenvalue weighted by Gasteiger charge is -2.13. The predicted octanol–water partition coefficient (Wildman–Crippen LogP) is 3.99. The minimum atomic E-state index is -0.474. The van der Waals surface area contributed by atoms with Gasteiger partial charge in [0.2, 0.25) is 5.75 Å². The number of rotatable bonds is 6. The Hall–Kier alpha value is -2.80. The molecule has 1 aromatic carbocycles. The van der Waals surface area contributed by atoms with Crippen LogP contribution in [0.25, 0.3) is 0 Å². The second-order valence-corrected chi connectivity index (χ2v) is 6.53. The maximum Gasteiger partial charge on any atom is 0.355 e. The number of ether oxygens (including phenoxy) is 4. The summed E-state index contributed by atoms with van der Waals surface area (Å²) >= 11 is 1.34. The standard InChI is InChI=1S/C19H19NO5S/c1-22-14-9-13(10-15(23-2)17(14)24-3)25-19(21)16-11-20-18(26-16)12-7-5-4-6-8-12/h4-7,9-12H,8H2,1-3H3.